The van der Waals surface area contributed by atoms with Gasteiger partial charge < -0.3 is 16.2 Å². The van der Waals surface area contributed by atoms with Crippen molar-refractivity contribution in [2.75, 3.05) is 5.32 Å². The van der Waals surface area contributed by atoms with Crippen molar-refractivity contribution in [1.29, 1.82) is 10.7 Å². The van der Waals surface area contributed by atoms with Gasteiger partial charge in [-0.25, -0.2) is 4.79 Å². The van der Waals surface area contributed by atoms with E-state index < -0.39 is 11.4 Å². The van der Waals surface area contributed by atoms with Crippen molar-refractivity contribution in [2.45, 2.75) is 24.8 Å². The molecule has 0 saturated carbocycles. The van der Waals surface area contributed by atoms with E-state index in [1.165, 1.54) is 6.07 Å². The van der Waals surface area contributed by atoms with Crippen LogP contribution in [0.5, 0.6) is 0 Å². The van der Waals surface area contributed by atoms with E-state index in [1.807, 2.05) is 66.7 Å². The summed E-state index contributed by atoms with van der Waals surface area (Å²) in [6.07, 6.45) is 0.696. The summed E-state index contributed by atoms with van der Waals surface area (Å²) in [6.45, 7) is 2.20. The maximum absolute atomic E-state index is 12.1. The van der Waals surface area contributed by atoms with Gasteiger partial charge in [0.15, 0.2) is 0 Å². The zero-order valence-corrected chi connectivity index (χ0v) is 20.3. The number of nitrogens with zero attached hydrogens (tertiary/aromatic N) is 1. The summed E-state index contributed by atoms with van der Waals surface area (Å²) in [5, 5.41) is 30.9. The zero-order chi connectivity index (χ0) is 26.2. The molecular weight excluding hydrogens is 460 g/mol. The van der Waals surface area contributed by atoms with E-state index in [0.717, 1.165) is 27.9 Å². The SMILES string of the molecule is CC1(c2ccccc2)CC(c2ccccc2-c2ccc(C#N)cc2C(=O)O)Nc2ccc(C(=N)N)cc21. The van der Waals surface area contributed by atoms with Crippen LogP contribution in [0.4, 0.5) is 5.69 Å². The van der Waals surface area contributed by atoms with E-state index >= 15 is 0 Å². The van der Waals surface area contributed by atoms with Crippen LogP contribution < -0.4 is 11.1 Å². The smallest absolute Gasteiger partial charge is 0.336 e. The highest BCUT2D eigenvalue weighted by molar-refractivity contribution is 5.97. The number of hydrogen-bond donors (Lipinski definition) is 4. The van der Waals surface area contributed by atoms with Crippen molar-refractivity contribution in [3.63, 3.8) is 0 Å². The van der Waals surface area contributed by atoms with Gasteiger partial charge in [0.25, 0.3) is 0 Å². The Kier molecular flexibility index (Phi) is 5.98. The number of aromatic carboxylic acids is 1. The van der Waals surface area contributed by atoms with Gasteiger partial charge in [-0.3, -0.25) is 5.41 Å². The van der Waals surface area contributed by atoms with Crippen molar-refractivity contribution in [3.05, 3.63) is 124 Å². The number of nitriles is 1. The van der Waals surface area contributed by atoms with Gasteiger partial charge in [-0.05, 0) is 64.6 Å². The molecule has 0 fully saturated rings. The number of hydrogen-bond acceptors (Lipinski definition) is 4. The van der Waals surface area contributed by atoms with E-state index in [9.17, 15) is 15.2 Å². The Morgan fingerprint density at radius 2 is 1.76 bits per heavy atom. The lowest BCUT2D eigenvalue weighted by Crippen LogP contribution is -2.35. The quantitative estimate of drug-likeness (QED) is 0.201. The van der Waals surface area contributed by atoms with E-state index in [4.69, 9.17) is 11.1 Å². The molecule has 0 saturated heterocycles. The molecule has 0 spiro atoms. The lowest BCUT2D eigenvalue weighted by Gasteiger charge is -2.42. The standard InChI is InChI=1S/C31H26N4O2/c1-31(21-7-3-2-4-8-21)17-28(35-27-14-12-20(29(33)34)16-26(27)31)24-10-6-5-9-22(24)23-13-11-19(18-32)15-25(23)30(36)37/h2-16,28,35H,17H2,1H3,(H3,33,34)(H,36,37). The van der Waals surface area contributed by atoms with Gasteiger partial charge in [0.05, 0.1) is 23.2 Å². The lowest BCUT2D eigenvalue weighted by molar-refractivity contribution is 0.0697. The Bertz CT molecular complexity index is 1570. The van der Waals surface area contributed by atoms with E-state index in [0.29, 0.717) is 23.1 Å². The van der Waals surface area contributed by atoms with Crippen molar-refractivity contribution in [3.8, 4) is 17.2 Å². The van der Waals surface area contributed by atoms with E-state index in [2.05, 4.69) is 24.4 Å². The average molecular weight is 487 g/mol. The molecule has 1 aliphatic rings. The molecule has 0 radical (unpaired) electrons. The van der Waals surface area contributed by atoms with Crippen LogP contribution in [0.3, 0.4) is 0 Å². The van der Waals surface area contributed by atoms with Crippen LogP contribution in [0.1, 0.15) is 57.6 Å². The van der Waals surface area contributed by atoms with Gasteiger partial charge in [-0.2, -0.15) is 5.26 Å². The van der Waals surface area contributed by atoms with Gasteiger partial charge in [-0.1, -0.05) is 67.6 Å². The summed E-state index contributed by atoms with van der Waals surface area (Å²) in [4.78, 5) is 12.1. The van der Waals surface area contributed by atoms with E-state index in [-0.39, 0.29) is 17.4 Å². The number of nitrogen functional groups attached to an aromatic ring is 1. The Hall–Kier alpha value is -4.89. The highest BCUT2D eigenvalue weighted by Gasteiger charge is 2.39. The Labute approximate surface area is 215 Å². The number of anilines is 1. The average Bonchev–Trinajstić information content (AvgIpc) is 2.92. The van der Waals surface area contributed by atoms with Gasteiger partial charge in [0.2, 0.25) is 0 Å². The van der Waals surface area contributed by atoms with Crippen molar-refractivity contribution < 1.29 is 9.90 Å². The zero-order valence-electron chi connectivity index (χ0n) is 20.3. The van der Waals surface area contributed by atoms with Crippen LogP contribution in [0.15, 0.2) is 91.0 Å². The number of carboxylic acid groups (broad SMARTS) is 1. The highest BCUT2D eigenvalue weighted by Crippen LogP contribution is 2.49. The van der Waals surface area contributed by atoms with Crippen LogP contribution in [-0.4, -0.2) is 16.9 Å². The summed E-state index contributed by atoms with van der Waals surface area (Å²) in [6, 6.07) is 30.6. The van der Waals surface area contributed by atoms with Crippen LogP contribution in [0.2, 0.25) is 0 Å². The number of fused-ring (bicyclic) bond motifs is 1. The van der Waals surface area contributed by atoms with Crippen LogP contribution in [0.25, 0.3) is 11.1 Å². The molecule has 0 aliphatic carbocycles. The molecule has 0 amide bonds. The molecule has 2 atom stereocenters. The van der Waals surface area contributed by atoms with Gasteiger partial charge in [-0.15, -0.1) is 0 Å². The van der Waals surface area contributed by atoms with Crippen LogP contribution in [-0.2, 0) is 5.41 Å². The van der Waals surface area contributed by atoms with Crippen molar-refractivity contribution >= 4 is 17.5 Å². The number of nitrogens with two attached hydrogens (primary N) is 1. The molecule has 6 nitrogen and oxygen atoms in total. The number of amidine groups is 1. The fourth-order valence-electron chi connectivity index (χ4n) is 5.39. The molecule has 6 heteroatoms. The first kappa shape index (κ1) is 23.8. The summed E-state index contributed by atoms with van der Waals surface area (Å²) in [5.74, 6) is -1.05. The third-order valence-corrected chi connectivity index (χ3v) is 7.28. The summed E-state index contributed by atoms with van der Waals surface area (Å²) < 4.78 is 0. The summed E-state index contributed by atoms with van der Waals surface area (Å²) >= 11 is 0. The molecule has 5 rings (SSSR count). The Morgan fingerprint density at radius 3 is 2.46 bits per heavy atom. The second-order valence-electron chi connectivity index (χ2n) is 9.54. The number of nitrogens with one attached hydrogen (secondary N) is 2. The predicted molar refractivity (Wildman–Crippen MR) is 145 cm³/mol. The monoisotopic (exact) mass is 486 g/mol. The van der Waals surface area contributed by atoms with Gasteiger partial charge in [0, 0.05) is 16.7 Å². The topological polar surface area (TPSA) is 123 Å². The minimum absolute atomic E-state index is 0.0210. The fourth-order valence-corrected chi connectivity index (χ4v) is 5.39. The van der Waals surface area contributed by atoms with Gasteiger partial charge >= 0.3 is 5.97 Å². The second kappa shape index (κ2) is 9.29. The molecule has 37 heavy (non-hydrogen) atoms. The normalized spacial score (nSPS) is 18.2. The van der Waals surface area contributed by atoms with Crippen LogP contribution in [0, 0.1) is 16.7 Å². The molecule has 5 N–H and O–H groups in total. The maximum atomic E-state index is 12.1. The van der Waals surface area contributed by atoms with E-state index in [1.54, 1.807) is 12.1 Å². The summed E-state index contributed by atoms with van der Waals surface area (Å²) in [5.41, 5.74) is 12.0. The molecule has 1 aliphatic heterocycles. The number of carbonyl (C=O) groups is 1. The van der Waals surface area contributed by atoms with Gasteiger partial charge in [0.1, 0.15) is 5.84 Å². The molecule has 2 unspecified atom stereocenters. The highest BCUT2D eigenvalue weighted by atomic mass is 16.4. The first-order valence-electron chi connectivity index (χ1n) is 12.0. The minimum Gasteiger partial charge on any atom is -0.478 e. The Morgan fingerprint density at radius 1 is 1.03 bits per heavy atom. The lowest BCUT2D eigenvalue weighted by atomic mass is 9.67. The maximum Gasteiger partial charge on any atom is 0.336 e. The molecule has 4 aromatic carbocycles. The predicted octanol–water partition coefficient (Wildman–Crippen LogP) is 6.07. The first-order valence-corrected chi connectivity index (χ1v) is 12.0. The molecule has 1 heterocycles. The largest absolute Gasteiger partial charge is 0.478 e. The molecule has 0 aromatic heterocycles. The third-order valence-electron chi connectivity index (χ3n) is 7.28. The van der Waals surface area contributed by atoms with Crippen LogP contribution >= 0.6 is 0 Å². The second-order valence-corrected chi connectivity index (χ2v) is 9.54. The molecular formula is C31H26N4O2. The molecule has 4 aromatic rings. The number of rotatable bonds is 5. The van der Waals surface area contributed by atoms with Crippen molar-refractivity contribution in [1.82, 2.24) is 0 Å². The van der Waals surface area contributed by atoms with Crippen molar-refractivity contribution in [2.24, 2.45) is 5.73 Å². The fraction of sp³-hybridized carbons (Fsp3) is 0.129. The minimum atomic E-state index is -1.07. The summed E-state index contributed by atoms with van der Waals surface area (Å²) in [7, 11) is 0. The third kappa shape index (κ3) is 4.21. The first-order chi connectivity index (χ1) is 17.8. The Balaban J connectivity index is 1.68. The molecule has 182 valence electrons. The molecule has 0 bridgehead atoms. The number of carboxylic acids is 1. The number of benzene rings is 4.